The van der Waals surface area contributed by atoms with E-state index in [0.717, 1.165) is 0 Å². The highest BCUT2D eigenvalue weighted by Crippen LogP contribution is 2.13. The monoisotopic (exact) mass is 536 g/mol. The van der Waals surface area contributed by atoms with Gasteiger partial charge in [-0.1, -0.05) is 30.3 Å². The molecule has 0 aliphatic carbocycles. The van der Waals surface area contributed by atoms with E-state index in [-0.39, 0.29) is 12.7 Å². The first-order chi connectivity index (χ1) is 17.9. The zero-order chi connectivity index (χ0) is 28.7. The van der Waals surface area contributed by atoms with E-state index in [0.29, 0.717) is 5.56 Å². The Labute approximate surface area is 216 Å². The van der Waals surface area contributed by atoms with Crippen molar-refractivity contribution < 1.29 is 53.7 Å². The third-order valence-corrected chi connectivity index (χ3v) is 4.90. The van der Waals surface area contributed by atoms with Crippen LogP contribution in [0.3, 0.4) is 0 Å². The van der Waals surface area contributed by atoms with Gasteiger partial charge < -0.3 is 41.4 Å². The Hall–Kier alpha value is -4.82. The summed E-state index contributed by atoms with van der Waals surface area (Å²) in [5.41, 5.74) is 0.697. The average molecular weight is 536 g/mol. The molecule has 4 amide bonds. The molecule has 1 rings (SSSR count). The SMILES string of the molecule is O=C[C@H](CC(=O)O)NC(=O)CNC(=O)[C@H](CC(=O)O)NC(=O)CNC(=O)[C@H](CC(=O)O)Cc1ccccc1. The first kappa shape index (κ1) is 31.2. The first-order valence-electron chi connectivity index (χ1n) is 11.2. The van der Waals surface area contributed by atoms with Gasteiger partial charge in [-0.05, 0) is 12.0 Å². The third kappa shape index (κ3) is 12.8. The molecule has 0 bridgehead atoms. The van der Waals surface area contributed by atoms with Crippen LogP contribution in [0.2, 0.25) is 0 Å². The lowest BCUT2D eigenvalue weighted by Crippen LogP contribution is -2.52. The summed E-state index contributed by atoms with van der Waals surface area (Å²) in [4.78, 5) is 92.7. The molecule has 0 spiro atoms. The van der Waals surface area contributed by atoms with Crippen molar-refractivity contribution >= 4 is 47.8 Å². The van der Waals surface area contributed by atoms with Crippen LogP contribution in [-0.2, 0) is 44.8 Å². The van der Waals surface area contributed by atoms with Gasteiger partial charge in [0.2, 0.25) is 23.6 Å². The van der Waals surface area contributed by atoms with Crippen molar-refractivity contribution in [3.05, 3.63) is 35.9 Å². The molecule has 0 saturated heterocycles. The summed E-state index contributed by atoms with van der Waals surface area (Å²) in [6.45, 7) is -1.44. The third-order valence-electron chi connectivity index (χ3n) is 4.90. The Morgan fingerprint density at radius 2 is 1.24 bits per heavy atom. The number of rotatable bonds is 17. The van der Waals surface area contributed by atoms with Crippen molar-refractivity contribution in [3.8, 4) is 0 Å². The Morgan fingerprint density at radius 1 is 0.711 bits per heavy atom. The number of aldehydes is 1. The normalized spacial score (nSPS) is 12.6. The van der Waals surface area contributed by atoms with Gasteiger partial charge in [-0.3, -0.25) is 33.6 Å². The van der Waals surface area contributed by atoms with Crippen LogP contribution < -0.4 is 21.3 Å². The molecule has 15 heteroatoms. The highest BCUT2D eigenvalue weighted by Gasteiger charge is 2.26. The molecule has 1 aromatic rings. The fraction of sp³-hybridized carbons (Fsp3) is 0.391. The minimum atomic E-state index is -1.65. The van der Waals surface area contributed by atoms with Crippen molar-refractivity contribution in [2.45, 2.75) is 37.8 Å². The zero-order valence-electron chi connectivity index (χ0n) is 20.0. The number of amides is 4. The van der Waals surface area contributed by atoms with Gasteiger partial charge in [-0.25, -0.2) is 0 Å². The van der Waals surface area contributed by atoms with Gasteiger partial charge in [0.05, 0.1) is 44.3 Å². The van der Waals surface area contributed by atoms with Crippen LogP contribution in [0.1, 0.15) is 24.8 Å². The number of aliphatic carboxylic acids is 3. The van der Waals surface area contributed by atoms with Crippen LogP contribution in [0.15, 0.2) is 30.3 Å². The standard InChI is InChI=1S/C23H28N4O11/c28-12-15(8-20(33)34)26-17(29)10-25-23(38)16(9-21(35)36)27-18(30)11-24-22(37)14(7-19(31)32)6-13-4-2-1-3-5-13/h1-5,12,14-16H,6-11H2,(H,24,37)(H,25,38)(H,26,29)(H,27,30)(H,31,32)(H,33,34)(H,35,36)/t14-,15-,16-/m0/s1. The fourth-order valence-corrected chi connectivity index (χ4v) is 3.18. The van der Waals surface area contributed by atoms with Crippen molar-refractivity contribution in [2.24, 2.45) is 5.92 Å². The molecule has 0 saturated carbocycles. The van der Waals surface area contributed by atoms with Crippen LogP contribution in [0, 0.1) is 5.92 Å². The second-order valence-corrected chi connectivity index (χ2v) is 8.05. The number of hydrogen-bond acceptors (Lipinski definition) is 8. The summed E-state index contributed by atoms with van der Waals surface area (Å²) in [6.07, 6.45) is -1.80. The molecular weight excluding hydrogens is 508 g/mol. The Morgan fingerprint density at radius 3 is 1.76 bits per heavy atom. The van der Waals surface area contributed by atoms with Gasteiger partial charge in [-0.15, -0.1) is 0 Å². The van der Waals surface area contributed by atoms with Crippen LogP contribution in [-0.4, -0.2) is 88.3 Å². The van der Waals surface area contributed by atoms with Crippen molar-refractivity contribution in [1.82, 2.24) is 21.3 Å². The number of carbonyl (C=O) groups excluding carboxylic acids is 5. The van der Waals surface area contributed by atoms with Gasteiger partial charge in [0.25, 0.3) is 0 Å². The van der Waals surface area contributed by atoms with Gasteiger partial charge >= 0.3 is 17.9 Å². The van der Waals surface area contributed by atoms with Crippen molar-refractivity contribution in [3.63, 3.8) is 0 Å². The highest BCUT2D eigenvalue weighted by molar-refractivity contribution is 5.94. The molecule has 15 nitrogen and oxygen atoms in total. The zero-order valence-corrected chi connectivity index (χ0v) is 20.0. The second kappa shape index (κ2) is 16.0. The van der Waals surface area contributed by atoms with E-state index in [1.165, 1.54) is 0 Å². The van der Waals surface area contributed by atoms with Crippen molar-refractivity contribution in [2.75, 3.05) is 13.1 Å². The van der Waals surface area contributed by atoms with E-state index in [4.69, 9.17) is 15.3 Å². The number of carbonyl (C=O) groups is 8. The summed E-state index contributed by atoms with van der Waals surface area (Å²) in [5, 5.41) is 35.3. The predicted octanol–water partition coefficient (Wildman–Crippen LogP) is -2.33. The molecule has 1 aromatic carbocycles. The number of carboxylic acids is 3. The molecule has 0 aromatic heterocycles. The van der Waals surface area contributed by atoms with E-state index < -0.39 is 91.9 Å². The number of nitrogens with one attached hydrogen (secondary N) is 4. The lowest BCUT2D eigenvalue weighted by molar-refractivity contribution is -0.141. The largest absolute Gasteiger partial charge is 0.481 e. The lowest BCUT2D eigenvalue weighted by Gasteiger charge is -2.18. The van der Waals surface area contributed by atoms with Gasteiger partial charge in [-0.2, -0.15) is 0 Å². The highest BCUT2D eigenvalue weighted by atomic mass is 16.4. The average Bonchev–Trinajstić information content (AvgIpc) is 2.84. The number of carboxylic acid groups (broad SMARTS) is 3. The summed E-state index contributed by atoms with van der Waals surface area (Å²) in [5.74, 6) is -8.76. The summed E-state index contributed by atoms with van der Waals surface area (Å²) in [7, 11) is 0. The summed E-state index contributed by atoms with van der Waals surface area (Å²) in [6, 6.07) is 5.59. The summed E-state index contributed by atoms with van der Waals surface area (Å²) < 4.78 is 0. The maximum atomic E-state index is 12.5. The molecule has 0 heterocycles. The minimum absolute atomic E-state index is 0.0874. The van der Waals surface area contributed by atoms with Gasteiger partial charge in [0.1, 0.15) is 12.3 Å². The minimum Gasteiger partial charge on any atom is -0.481 e. The maximum absolute atomic E-state index is 12.5. The molecule has 0 aliphatic heterocycles. The van der Waals surface area contributed by atoms with Gasteiger partial charge in [0.15, 0.2) is 0 Å². The molecule has 0 fully saturated rings. The van der Waals surface area contributed by atoms with Crippen molar-refractivity contribution in [1.29, 1.82) is 0 Å². The Kier molecular flexibility index (Phi) is 13.2. The molecule has 0 aliphatic rings. The smallest absolute Gasteiger partial charge is 0.305 e. The quantitative estimate of drug-likeness (QED) is 0.104. The topological polar surface area (TPSA) is 245 Å². The fourth-order valence-electron chi connectivity index (χ4n) is 3.18. The Balaban J connectivity index is 2.68. The molecule has 206 valence electrons. The van der Waals surface area contributed by atoms with Crippen LogP contribution in [0.25, 0.3) is 0 Å². The van der Waals surface area contributed by atoms with E-state index in [1.54, 1.807) is 30.3 Å². The van der Waals surface area contributed by atoms with E-state index in [2.05, 4.69) is 21.3 Å². The predicted molar refractivity (Wildman–Crippen MR) is 126 cm³/mol. The maximum Gasteiger partial charge on any atom is 0.305 e. The molecule has 0 radical (unpaired) electrons. The Bertz CT molecular complexity index is 1050. The summed E-state index contributed by atoms with van der Waals surface area (Å²) >= 11 is 0. The van der Waals surface area contributed by atoms with Crippen LogP contribution >= 0.6 is 0 Å². The van der Waals surface area contributed by atoms with E-state index in [9.17, 15) is 38.4 Å². The molecule has 3 atom stereocenters. The first-order valence-corrected chi connectivity index (χ1v) is 11.2. The molecule has 0 unspecified atom stereocenters. The lowest BCUT2D eigenvalue weighted by atomic mass is 9.95. The van der Waals surface area contributed by atoms with Crippen LogP contribution in [0.4, 0.5) is 0 Å². The molecule has 7 N–H and O–H groups in total. The number of benzene rings is 1. The molecular formula is C23H28N4O11. The van der Waals surface area contributed by atoms with E-state index >= 15 is 0 Å². The second-order valence-electron chi connectivity index (χ2n) is 8.05. The van der Waals surface area contributed by atoms with Gasteiger partial charge in [0, 0.05) is 0 Å². The molecule has 38 heavy (non-hydrogen) atoms. The van der Waals surface area contributed by atoms with E-state index in [1.807, 2.05) is 0 Å². The van der Waals surface area contributed by atoms with Crippen LogP contribution in [0.5, 0.6) is 0 Å². The number of hydrogen-bond donors (Lipinski definition) is 7.